The predicted molar refractivity (Wildman–Crippen MR) is 87.4 cm³/mol. The summed E-state index contributed by atoms with van der Waals surface area (Å²) in [5, 5.41) is 10.4. The van der Waals surface area contributed by atoms with E-state index in [9.17, 15) is 5.11 Å². The number of hydrogen-bond acceptors (Lipinski definition) is 4. The Hall–Kier alpha value is -0.880. The summed E-state index contributed by atoms with van der Waals surface area (Å²) in [5.74, 6) is 0.452. The van der Waals surface area contributed by atoms with Gasteiger partial charge in [0.15, 0.2) is 11.6 Å². The zero-order valence-electron chi connectivity index (χ0n) is 12.3. The van der Waals surface area contributed by atoms with E-state index < -0.39 is 0 Å². The zero-order chi connectivity index (χ0) is 14.3. The molecule has 0 aromatic carbocycles. The quantitative estimate of drug-likeness (QED) is 0.780. The van der Waals surface area contributed by atoms with Gasteiger partial charge in [0, 0.05) is 10.8 Å². The molecule has 0 fully saturated rings. The summed E-state index contributed by atoms with van der Waals surface area (Å²) < 4.78 is 0. The second-order valence-corrected chi connectivity index (χ2v) is 6.90. The van der Waals surface area contributed by atoms with Crippen molar-refractivity contribution < 1.29 is 5.11 Å². The minimum atomic E-state index is -0.299. The number of thiocarbonyl (C=S) groups is 1. The van der Waals surface area contributed by atoms with Crippen molar-refractivity contribution in [1.29, 1.82) is 0 Å². The molecule has 6 heteroatoms. The molecule has 0 saturated heterocycles. The number of nitrogens with zero attached hydrogens (tertiary/aromatic N) is 2. The highest BCUT2D eigenvalue weighted by Crippen LogP contribution is 2.36. The van der Waals surface area contributed by atoms with Crippen LogP contribution in [0, 0.1) is 0 Å². The van der Waals surface area contributed by atoms with Gasteiger partial charge >= 0.3 is 0 Å². The molecule has 3 N–H and O–H groups in total. The summed E-state index contributed by atoms with van der Waals surface area (Å²) in [5.41, 5.74) is 6.16. The Morgan fingerprint density at radius 3 is 1.53 bits per heavy atom. The molecule has 0 saturated carbocycles. The molecule has 0 aliphatic carbocycles. The van der Waals surface area contributed by atoms with E-state index in [1.165, 1.54) is 0 Å². The molecular weight excluding hydrogens is 278 g/mol. The minimum absolute atomic E-state index is 0. The van der Waals surface area contributed by atoms with E-state index in [0.29, 0.717) is 17.2 Å². The van der Waals surface area contributed by atoms with E-state index in [2.05, 4.69) is 9.97 Å². The van der Waals surface area contributed by atoms with Gasteiger partial charge in [-0.15, -0.1) is 0 Å². The summed E-state index contributed by atoms with van der Waals surface area (Å²) in [7, 11) is 0. The van der Waals surface area contributed by atoms with Gasteiger partial charge in [-0.2, -0.15) is 13.5 Å². The summed E-state index contributed by atoms with van der Waals surface area (Å²) in [4.78, 5) is 8.72. The predicted octanol–water partition coefficient (Wildman–Crippen LogP) is 2.52. The third-order valence-electron chi connectivity index (χ3n) is 2.53. The molecule has 0 radical (unpaired) electrons. The normalized spacial score (nSPS) is 11.9. The van der Waals surface area contributed by atoms with Crippen molar-refractivity contribution in [2.24, 2.45) is 5.73 Å². The fraction of sp³-hybridized carbons (Fsp3) is 0.615. The lowest BCUT2D eigenvalue weighted by molar-refractivity contribution is 0.406. The van der Waals surface area contributed by atoms with Gasteiger partial charge in [0.2, 0.25) is 0 Å². The van der Waals surface area contributed by atoms with E-state index in [-0.39, 0.29) is 35.1 Å². The van der Waals surface area contributed by atoms with Gasteiger partial charge in [-0.3, -0.25) is 0 Å². The summed E-state index contributed by atoms with van der Waals surface area (Å²) >= 11 is 4.94. The van der Waals surface area contributed by atoms with Gasteiger partial charge in [-0.1, -0.05) is 53.8 Å². The molecule has 1 rings (SSSR count). The van der Waals surface area contributed by atoms with E-state index in [1.807, 2.05) is 41.5 Å². The van der Waals surface area contributed by atoms with Crippen LogP contribution in [0.3, 0.4) is 0 Å². The van der Waals surface area contributed by atoms with Crippen LogP contribution >= 0.6 is 25.7 Å². The first-order chi connectivity index (χ1) is 7.94. The van der Waals surface area contributed by atoms with Crippen molar-refractivity contribution in [3.05, 3.63) is 17.2 Å². The van der Waals surface area contributed by atoms with Gasteiger partial charge in [0.25, 0.3) is 0 Å². The van der Waals surface area contributed by atoms with Crippen LogP contribution in [0.5, 0.6) is 5.75 Å². The third-order valence-corrected chi connectivity index (χ3v) is 2.71. The maximum Gasteiger partial charge on any atom is 0.187 e. The molecule has 1 heterocycles. The van der Waals surface area contributed by atoms with Crippen molar-refractivity contribution in [2.75, 3.05) is 0 Å². The number of nitrogens with two attached hydrogens (primary N) is 1. The van der Waals surface area contributed by atoms with E-state index >= 15 is 0 Å². The molecule has 0 aliphatic heterocycles. The number of hydrogen-bond donors (Lipinski definition) is 2. The molecule has 1 aromatic heterocycles. The molecule has 0 amide bonds. The van der Waals surface area contributed by atoms with E-state index in [4.69, 9.17) is 18.0 Å². The number of rotatable bonds is 1. The van der Waals surface area contributed by atoms with Crippen molar-refractivity contribution in [3.8, 4) is 5.75 Å². The van der Waals surface area contributed by atoms with Crippen LogP contribution in [0.2, 0.25) is 0 Å². The Morgan fingerprint density at radius 1 is 1.00 bits per heavy atom. The summed E-state index contributed by atoms with van der Waals surface area (Å²) in [6.45, 7) is 11.9. The van der Waals surface area contributed by atoms with Gasteiger partial charge < -0.3 is 10.8 Å². The second kappa shape index (κ2) is 5.63. The van der Waals surface area contributed by atoms with Crippen LogP contribution in [0.4, 0.5) is 0 Å². The zero-order valence-corrected chi connectivity index (χ0v) is 14.1. The summed E-state index contributed by atoms with van der Waals surface area (Å²) in [6.07, 6.45) is 0. The molecule has 1 aromatic rings. The highest BCUT2D eigenvalue weighted by molar-refractivity contribution is 7.80. The highest BCUT2D eigenvalue weighted by atomic mass is 32.1. The first-order valence-electron chi connectivity index (χ1n) is 5.86. The second-order valence-electron chi connectivity index (χ2n) is 6.46. The van der Waals surface area contributed by atoms with Crippen molar-refractivity contribution in [1.82, 2.24) is 9.97 Å². The van der Waals surface area contributed by atoms with Gasteiger partial charge in [0.05, 0.1) is 11.4 Å². The van der Waals surface area contributed by atoms with Crippen molar-refractivity contribution in [3.63, 3.8) is 0 Å². The molecule has 108 valence electrons. The van der Waals surface area contributed by atoms with Gasteiger partial charge in [-0.25, -0.2) is 9.97 Å². The maximum absolute atomic E-state index is 10.4. The van der Waals surface area contributed by atoms with E-state index in [1.54, 1.807) is 0 Å². The molecule has 0 atom stereocenters. The SMILES string of the molecule is CC(C)(C)c1nc(C(N)=S)nc(C(C)(C)C)c1O.S. The highest BCUT2D eigenvalue weighted by Gasteiger charge is 2.29. The Balaban J connectivity index is 0.00000324. The smallest absolute Gasteiger partial charge is 0.187 e. The Kier molecular flexibility index (Phi) is 5.37. The monoisotopic (exact) mass is 301 g/mol. The first-order valence-corrected chi connectivity index (χ1v) is 6.27. The van der Waals surface area contributed by atoms with Crippen LogP contribution in [0.25, 0.3) is 0 Å². The molecule has 0 aliphatic rings. The van der Waals surface area contributed by atoms with Crippen LogP contribution in [0.1, 0.15) is 58.8 Å². The third kappa shape index (κ3) is 4.04. The minimum Gasteiger partial charge on any atom is -0.504 e. The Bertz CT molecular complexity index is 453. The molecule has 0 spiro atoms. The van der Waals surface area contributed by atoms with Crippen LogP contribution in [-0.4, -0.2) is 20.1 Å². The first kappa shape index (κ1) is 18.1. The lowest BCUT2D eigenvalue weighted by Crippen LogP contribution is -2.25. The standard InChI is InChI=1S/C13H21N3OS.H2S/c1-12(2,3)8-7(17)9(13(4,5)6)16-11(15-8)10(14)18;/h17H,1-6H3,(H2,14,18);1H2. The Labute approximate surface area is 127 Å². The molecule has 4 nitrogen and oxygen atoms in total. The van der Waals surface area contributed by atoms with Crippen molar-refractivity contribution in [2.45, 2.75) is 52.4 Å². The van der Waals surface area contributed by atoms with Crippen LogP contribution in [-0.2, 0) is 10.8 Å². The average molecular weight is 301 g/mol. The molecule has 19 heavy (non-hydrogen) atoms. The fourth-order valence-corrected chi connectivity index (χ4v) is 1.70. The lowest BCUT2D eigenvalue weighted by Gasteiger charge is -2.25. The summed E-state index contributed by atoms with van der Waals surface area (Å²) in [6, 6.07) is 0. The van der Waals surface area contributed by atoms with Crippen LogP contribution < -0.4 is 5.73 Å². The maximum atomic E-state index is 10.4. The van der Waals surface area contributed by atoms with E-state index in [0.717, 1.165) is 0 Å². The van der Waals surface area contributed by atoms with Crippen molar-refractivity contribution >= 4 is 30.7 Å². The lowest BCUT2D eigenvalue weighted by atomic mass is 9.85. The fourth-order valence-electron chi connectivity index (χ4n) is 1.61. The largest absolute Gasteiger partial charge is 0.504 e. The molecule has 0 unspecified atom stereocenters. The molecule has 0 bridgehead atoms. The molecular formula is C13H23N3OS2. The average Bonchev–Trinajstić information content (AvgIpc) is 2.13. The van der Waals surface area contributed by atoms with Crippen LogP contribution in [0.15, 0.2) is 0 Å². The van der Waals surface area contributed by atoms with Gasteiger partial charge in [0.1, 0.15) is 4.99 Å². The topological polar surface area (TPSA) is 72.0 Å². The van der Waals surface area contributed by atoms with Gasteiger partial charge in [-0.05, 0) is 0 Å². The number of aromatic hydroxyl groups is 1. The number of aromatic nitrogens is 2. The Morgan fingerprint density at radius 2 is 1.32 bits per heavy atom.